The highest BCUT2D eigenvalue weighted by Gasteiger charge is 2.02. The highest BCUT2D eigenvalue weighted by Crippen LogP contribution is 2.10. The van der Waals surface area contributed by atoms with Crippen molar-refractivity contribution in [2.24, 2.45) is 0 Å². The maximum absolute atomic E-state index is 12.4. The first-order chi connectivity index (χ1) is 6.22. The first kappa shape index (κ1) is 9.95. The Bertz CT molecular complexity index is 248. The molecule has 0 aliphatic rings. The Balaban J connectivity index is 2.41. The summed E-state index contributed by atoms with van der Waals surface area (Å²) in [6.45, 7) is -0.344. The van der Waals surface area contributed by atoms with Crippen molar-refractivity contribution in [1.82, 2.24) is 0 Å². The maximum Gasteiger partial charge on any atom is 0.123 e. The van der Waals surface area contributed by atoms with E-state index in [1.807, 2.05) is 0 Å². The molecule has 1 aromatic carbocycles. The van der Waals surface area contributed by atoms with Crippen molar-refractivity contribution in [2.45, 2.75) is 6.10 Å². The van der Waals surface area contributed by atoms with Crippen molar-refractivity contribution in [3.63, 3.8) is 0 Å². The van der Waals surface area contributed by atoms with Gasteiger partial charge in [0.1, 0.15) is 24.3 Å². The zero-order valence-electron chi connectivity index (χ0n) is 6.98. The lowest BCUT2D eigenvalue weighted by atomic mass is 10.3. The van der Waals surface area contributed by atoms with E-state index in [0.29, 0.717) is 5.75 Å². The van der Waals surface area contributed by atoms with E-state index in [-0.39, 0.29) is 19.0 Å². The van der Waals surface area contributed by atoms with Gasteiger partial charge in [0, 0.05) is 0 Å². The Labute approximate surface area is 75.4 Å². The van der Waals surface area contributed by atoms with Gasteiger partial charge in [-0.15, -0.1) is 0 Å². The number of aliphatic hydroxyl groups excluding tert-OH is 2. The third-order valence-electron chi connectivity index (χ3n) is 1.47. The number of rotatable bonds is 4. The van der Waals surface area contributed by atoms with Crippen molar-refractivity contribution < 1.29 is 19.3 Å². The molecule has 0 aliphatic carbocycles. The lowest BCUT2D eigenvalue weighted by Crippen LogP contribution is -2.21. The fourth-order valence-corrected chi connectivity index (χ4v) is 0.776. The first-order valence-electron chi connectivity index (χ1n) is 3.89. The number of hydrogen-bond acceptors (Lipinski definition) is 3. The summed E-state index contributed by atoms with van der Waals surface area (Å²) in [6, 6.07) is 5.44. The van der Waals surface area contributed by atoms with E-state index >= 15 is 0 Å². The predicted molar refractivity (Wildman–Crippen MR) is 45.0 cm³/mol. The molecule has 1 atom stereocenters. The van der Waals surface area contributed by atoms with Crippen molar-refractivity contribution in [3.05, 3.63) is 30.1 Å². The van der Waals surface area contributed by atoms with E-state index in [9.17, 15) is 4.39 Å². The SMILES string of the molecule is OCC(O)COc1ccc(F)cc1. The van der Waals surface area contributed by atoms with E-state index < -0.39 is 6.10 Å². The minimum Gasteiger partial charge on any atom is -0.491 e. The van der Waals surface area contributed by atoms with Crippen LogP contribution < -0.4 is 4.74 Å². The van der Waals surface area contributed by atoms with Crippen LogP contribution in [-0.4, -0.2) is 29.5 Å². The topological polar surface area (TPSA) is 49.7 Å². The number of ether oxygens (including phenoxy) is 1. The third-order valence-corrected chi connectivity index (χ3v) is 1.47. The highest BCUT2D eigenvalue weighted by atomic mass is 19.1. The van der Waals surface area contributed by atoms with Crippen molar-refractivity contribution >= 4 is 0 Å². The van der Waals surface area contributed by atoms with Crippen molar-refractivity contribution in [3.8, 4) is 5.75 Å². The molecule has 0 heterocycles. The van der Waals surface area contributed by atoms with E-state index in [0.717, 1.165) is 0 Å². The zero-order chi connectivity index (χ0) is 9.68. The molecule has 2 N–H and O–H groups in total. The molecule has 1 unspecified atom stereocenters. The molecule has 0 spiro atoms. The monoisotopic (exact) mass is 186 g/mol. The van der Waals surface area contributed by atoms with Gasteiger partial charge in [0.15, 0.2) is 0 Å². The average Bonchev–Trinajstić information content (AvgIpc) is 2.16. The smallest absolute Gasteiger partial charge is 0.123 e. The maximum atomic E-state index is 12.4. The molecule has 0 aliphatic heterocycles. The number of aliphatic hydroxyl groups is 2. The molecule has 0 bridgehead atoms. The average molecular weight is 186 g/mol. The lowest BCUT2D eigenvalue weighted by molar-refractivity contribution is 0.0536. The van der Waals surface area contributed by atoms with Gasteiger partial charge in [0.2, 0.25) is 0 Å². The van der Waals surface area contributed by atoms with Crippen LogP contribution >= 0.6 is 0 Å². The van der Waals surface area contributed by atoms with Crippen molar-refractivity contribution in [2.75, 3.05) is 13.2 Å². The van der Waals surface area contributed by atoms with Crippen LogP contribution in [0.4, 0.5) is 4.39 Å². The van der Waals surface area contributed by atoms with Crippen LogP contribution in [0, 0.1) is 5.82 Å². The number of halogens is 1. The van der Waals surface area contributed by atoms with Crippen LogP contribution in [0.1, 0.15) is 0 Å². The Morgan fingerprint density at radius 3 is 2.46 bits per heavy atom. The van der Waals surface area contributed by atoms with E-state index in [1.54, 1.807) is 0 Å². The first-order valence-corrected chi connectivity index (χ1v) is 3.89. The molecule has 13 heavy (non-hydrogen) atoms. The number of hydrogen-bond donors (Lipinski definition) is 2. The summed E-state index contributed by atoms with van der Waals surface area (Å²) in [4.78, 5) is 0. The van der Waals surface area contributed by atoms with E-state index in [4.69, 9.17) is 14.9 Å². The Kier molecular flexibility index (Phi) is 3.67. The second-order valence-corrected chi connectivity index (χ2v) is 2.60. The minimum absolute atomic E-state index is 0.00212. The zero-order valence-corrected chi connectivity index (χ0v) is 6.98. The van der Waals surface area contributed by atoms with Gasteiger partial charge in [-0.25, -0.2) is 4.39 Å². The van der Waals surface area contributed by atoms with Crippen LogP contribution in [0.3, 0.4) is 0 Å². The second kappa shape index (κ2) is 4.79. The van der Waals surface area contributed by atoms with Gasteiger partial charge in [-0.05, 0) is 24.3 Å². The summed E-state index contributed by atoms with van der Waals surface area (Å²) in [6.07, 6.45) is -0.898. The molecule has 0 radical (unpaired) electrons. The van der Waals surface area contributed by atoms with Crippen molar-refractivity contribution in [1.29, 1.82) is 0 Å². The van der Waals surface area contributed by atoms with Crippen LogP contribution in [0.2, 0.25) is 0 Å². The van der Waals surface area contributed by atoms with Crippen LogP contribution in [-0.2, 0) is 0 Å². The van der Waals surface area contributed by atoms with Gasteiger partial charge >= 0.3 is 0 Å². The Morgan fingerprint density at radius 1 is 1.31 bits per heavy atom. The summed E-state index contributed by atoms with van der Waals surface area (Å²) in [5.74, 6) is 0.129. The molecule has 3 nitrogen and oxygen atoms in total. The van der Waals surface area contributed by atoms with Gasteiger partial charge in [0.25, 0.3) is 0 Å². The van der Waals surface area contributed by atoms with Gasteiger partial charge in [-0.1, -0.05) is 0 Å². The summed E-state index contributed by atoms with van der Waals surface area (Å²) in [5.41, 5.74) is 0. The fourth-order valence-electron chi connectivity index (χ4n) is 0.776. The van der Waals surface area contributed by atoms with Crippen LogP contribution in [0.25, 0.3) is 0 Å². The summed E-state index contributed by atoms with van der Waals surface area (Å²) in [5, 5.41) is 17.4. The summed E-state index contributed by atoms with van der Waals surface area (Å²) >= 11 is 0. The summed E-state index contributed by atoms with van der Waals surface area (Å²) in [7, 11) is 0. The second-order valence-electron chi connectivity index (χ2n) is 2.60. The molecular formula is C9H11FO3. The standard InChI is InChI=1S/C9H11FO3/c10-7-1-3-9(4-2-7)13-6-8(12)5-11/h1-4,8,11-12H,5-6H2. The van der Waals surface area contributed by atoms with Crippen LogP contribution in [0.15, 0.2) is 24.3 Å². The van der Waals surface area contributed by atoms with E-state index in [2.05, 4.69) is 0 Å². The Hall–Kier alpha value is -1.13. The van der Waals surface area contributed by atoms with Gasteiger partial charge < -0.3 is 14.9 Å². The third kappa shape index (κ3) is 3.40. The molecule has 0 aromatic heterocycles. The van der Waals surface area contributed by atoms with Gasteiger partial charge in [-0.2, -0.15) is 0 Å². The molecule has 0 saturated heterocycles. The van der Waals surface area contributed by atoms with Crippen LogP contribution in [0.5, 0.6) is 5.75 Å². The predicted octanol–water partition coefficient (Wildman–Crippen LogP) is 0.558. The molecule has 0 fully saturated rings. The summed E-state index contributed by atoms with van der Waals surface area (Å²) < 4.78 is 17.4. The van der Waals surface area contributed by atoms with Gasteiger partial charge in [0.05, 0.1) is 6.61 Å². The molecule has 4 heteroatoms. The fraction of sp³-hybridized carbons (Fsp3) is 0.333. The largest absolute Gasteiger partial charge is 0.491 e. The molecule has 1 rings (SSSR count). The molecule has 0 saturated carbocycles. The quantitative estimate of drug-likeness (QED) is 0.722. The number of benzene rings is 1. The molecular weight excluding hydrogens is 175 g/mol. The molecule has 0 amide bonds. The molecule has 1 aromatic rings. The van der Waals surface area contributed by atoms with Gasteiger partial charge in [-0.3, -0.25) is 0 Å². The molecule has 72 valence electrons. The lowest BCUT2D eigenvalue weighted by Gasteiger charge is -2.09. The normalized spacial score (nSPS) is 12.5. The minimum atomic E-state index is -0.898. The Morgan fingerprint density at radius 2 is 1.92 bits per heavy atom. The highest BCUT2D eigenvalue weighted by molar-refractivity contribution is 5.21. The van der Waals surface area contributed by atoms with E-state index in [1.165, 1.54) is 24.3 Å².